The van der Waals surface area contributed by atoms with Crippen LogP contribution in [0.3, 0.4) is 0 Å². The molecule has 1 fully saturated rings. The molecule has 0 amide bonds. The first-order chi connectivity index (χ1) is 10.3. The number of para-hydroxylation sites is 1. The summed E-state index contributed by atoms with van der Waals surface area (Å²) in [5.74, 6) is 0.216. The van der Waals surface area contributed by atoms with Crippen molar-refractivity contribution in [3.05, 3.63) is 36.0 Å². The molecule has 0 unspecified atom stereocenters. The van der Waals surface area contributed by atoms with Crippen molar-refractivity contribution in [3.8, 4) is 0 Å². The van der Waals surface area contributed by atoms with Gasteiger partial charge in [0, 0.05) is 28.7 Å². The Hall–Kier alpha value is -1.65. The lowest BCUT2D eigenvalue weighted by molar-refractivity contribution is 0.0876. The molecule has 0 bridgehead atoms. The predicted molar refractivity (Wildman–Crippen MR) is 85.8 cm³/mol. The highest BCUT2D eigenvalue weighted by molar-refractivity contribution is 6.08. The monoisotopic (exact) mass is 285 g/mol. The smallest absolute Gasteiger partial charge is 0.178 e. The fourth-order valence-electron chi connectivity index (χ4n) is 3.24. The molecule has 0 spiro atoms. The minimum absolute atomic E-state index is 0.216. The van der Waals surface area contributed by atoms with Gasteiger partial charge in [-0.05, 0) is 38.5 Å². The zero-order chi connectivity index (χ0) is 14.7. The number of nitrogens with zero attached hydrogens (tertiary/aromatic N) is 1. The molecule has 2 N–H and O–H groups in total. The summed E-state index contributed by atoms with van der Waals surface area (Å²) in [6.45, 7) is 5.71. The summed E-state index contributed by atoms with van der Waals surface area (Å²) in [4.78, 5) is 18.2. The largest absolute Gasteiger partial charge is 0.360 e. The van der Waals surface area contributed by atoms with Gasteiger partial charge in [-0.3, -0.25) is 9.69 Å². The van der Waals surface area contributed by atoms with Crippen LogP contribution in [0.15, 0.2) is 30.5 Å². The summed E-state index contributed by atoms with van der Waals surface area (Å²) in [6, 6.07) is 8.53. The van der Waals surface area contributed by atoms with E-state index in [1.54, 1.807) is 0 Å². The molecule has 0 aliphatic carbocycles. The van der Waals surface area contributed by atoms with E-state index in [9.17, 15) is 4.79 Å². The molecule has 2 aromatic rings. The highest BCUT2D eigenvalue weighted by Gasteiger charge is 2.23. The van der Waals surface area contributed by atoms with Gasteiger partial charge in [0.2, 0.25) is 0 Å². The highest BCUT2D eigenvalue weighted by atomic mass is 16.1. The molecule has 4 nitrogen and oxygen atoms in total. The van der Waals surface area contributed by atoms with Crippen molar-refractivity contribution in [3.63, 3.8) is 0 Å². The van der Waals surface area contributed by atoms with Gasteiger partial charge in [-0.25, -0.2) is 0 Å². The molecule has 2 heterocycles. The van der Waals surface area contributed by atoms with Crippen molar-refractivity contribution >= 4 is 16.7 Å². The number of rotatable bonds is 5. The number of likely N-dealkylation sites (N-methyl/N-ethyl adjacent to an activating group) is 1. The van der Waals surface area contributed by atoms with E-state index in [4.69, 9.17) is 0 Å². The molecule has 0 atom stereocenters. The van der Waals surface area contributed by atoms with Gasteiger partial charge in [0.05, 0.1) is 6.54 Å². The molecule has 3 rings (SSSR count). The van der Waals surface area contributed by atoms with Crippen LogP contribution < -0.4 is 5.32 Å². The van der Waals surface area contributed by atoms with E-state index in [1.165, 1.54) is 0 Å². The van der Waals surface area contributed by atoms with E-state index in [1.807, 2.05) is 30.5 Å². The van der Waals surface area contributed by atoms with Gasteiger partial charge in [-0.2, -0.15) is 0 Å². The van der Waals surface area contributed by atoms with Crippen LogP contribution in [0.1, 0.15) is 30.1 Å². The Balaban J connectivity index is 1.75. The number of aromatic amines is 1. The number of ketones is 1. The second kappa shape index (κ2) is 6.41. The Morgan fingerprint density at radius 2 is 2.05 bits per heavy atom. The highest BCUT2D eigenvalue weighted by Crippen LogP contribution is 2.19. The number of piperidine rings is 1. The minimum Gasteiger partial charge on any atom is -0.360 e. The first-order valence-corrected chi connectivity index (χ1v) is 7.83. The average molecular weight is 285 g/mol. The molecule has 0 saturated carbocycles. The van der Waals surface area contributed by atoms with Crippen molar-refractivity contribution in [1.29, 1.82) is 0 Å². The summed E-state index contributed by atoms with van der Waals surface area (Å²) in [7, 11) is 0. The molecule has 1 aliphatic heterocycles. The maximum atomic E-state index is 12.7. The number of hydrogen-bond donors (Lipinski definition) is 2. The zero-order valence-electron chi connectivity index (χ0n) is 12.6. The number of H-pyrrole nitrogens is 1. The van der Waals surface area contributed by atoms with Crippen LogP contribution in [0.25, 0.3) is 10.9 Å². The van der Waals surface area contributed by atoms with E-state index >= 15 is 0 Å². The Bertz CT molecular complexity index is 613. The number of benzene rings is 1. The third-order valence-corrected chi connectivity index (χ3v) is 4.47. The molecule has 21 heavy (non-hydrogen) atoms. The van der Waals surface area contributed by atoms with Crippen molar-refractivity contribution in [2.24, 2.45) is 0 Å². The Kier molecular flexibility index (Phi) is 4.36. The van der Waals surface area contributed by atoms with Gasteiger partial charge < -0.3 is 10.3 Å². The van der Waals surface area contributed by atoms with Crippen LogP contribution >= 0.6 is 0 Å². The average Bonchev–Trinajstić information content (AvgIpc) is 2.97. The van der Waals surface area contributed by atoms with Crippen LogP contribution in [0, 0.1) is 0 Å². The molecule has 112 valence electrons. The predicted octanol–water partition coefficient (Wildman–Crippen LogP) is 2.42. The van der Waals surface area contributed by atoms with Crippen molar-refractivity contribution in [2.75, 3.05) is 26.2 Å². The molecular weight excluding hydrogens is 262 g/mol. The summed E-state index contributed by atoms with van der Waals surface area (Å²) in [6.07, 6.45) is 4.12. The fourth-order valence-corrected chi connectivity index (χ4v) is 3.24. The van der Waals surface area contributed by atoms with Gasteiger partial charge >= 0.3 is 0 Å². The van der Waals surface area contributed by atoms with Crippen molar-refractivity contribution < 1.29 is 4.79 Å². The quantitative estimate of drug-likeness (QED) is 0.830. The SMILES string of the molecule is CCN(CC(=O)c1c[nH]c2ccccc12)C1CCNCC1. The van der Waals surface area contributed by atoms with Gasteiger partial charge in [-0.15, -0.1) is 0 Å². The van der Waals surface area contributed by atoms with Crippen molar-refractivity contribution in [1.82, 2.24) is 15.2 Å². The topological polar surface area (TPSA) is 48.1 Å². The Morgan fingerprint density at radius 3 is 2.81 bits per heavy atom. The molecule has 1 aromatic heterocycles. The van der Waals surface area contributed by atoms with Crippen LogP contribution in [-0.2, 0) is 0 Å². The summed E-state index contributed by atoms with van der Waals surface area (Å²) in [5.41, 5.74) is 1.85. The third kappa shape index (κ3) is 3.01. The molecular formula is C17H23N3O. The Morgan fingerprint density at radius 1 is 1.29 bits per heavy atom. The fraction of sp³-hybridized carbons (Fsp3) is 0.471. The third-order valence-electron chi connectivity index (χ3n) is 4.47. The molecule has 1 saturated heterocycles. The lowest BCUT2D eigenvalue weighted by Gasteiger charge is -2.33. The van der Waals surface area contributed by atoms with E-state index in [2.05, 4.69) is 22.1 Å². The lowest BCUT2D eigenvalue weighted by atomic mass is 10.0. The van der Waals surface area contributed by atoms with Crippen LogP contribution in [0.5, 0.6) is 0 Å². The van der Waals surface area contributed by atoms with E-state index < -0.39 is 0 Å². The van der Waals surface area contributed by atoms with Crippen molar-refractivity contribution in [2.45, 2.75) is 25.8 Å². The number of aromatic nitrogens is 1. The summed E-state index contributed by atoms with van der Waals surface area (Å²) in [5, 5.41) is 4.41. The van der Waals surface area contributed by atoms with Crippen LogP contribution in [-0.4, -0.2) is 47.9 Å². The molecule has 1 aliphatic rings. The first-order valence-electron chi connectivity index (χ1n) is 7.83. The van der Waals surface area contributed by atoms with Gasteiger partial charge in [0.25, 0.3) is 0 Å². The summed E-state index contributed by atoms with van der Waals surface area (Å²) >= 11 is 0. The normalized spacial score (nSPS) is 16.7. The number of nitrogens with one attached hydrogen (secondary N) is 2. The summed E-state index contributed by atoms with van der Waals surface area (Å²) < 4.78 is 0. The second-order valence-corrected chi connectivity index (χ2v) is 5.72. The van der Waals surface area contributed by atoms with E-state index in [-0.39, 0.29) is 5.78 Å². The number of hydrogen-bond acceptors (Lipinski definition) is 3. The number of carbonyl (C=O) groups excluding carboxylic acids is 1. The number of carbonyl (C=O) groups is 1. The van der Waals surface area contributed by atoms with Crippen LogP contribution in [0.4, 0.5) is 0 Å². The number of fused-ring (bicyclic) bond motifs is 1. The Labute approximate surface area is 125 Å². The zero-order valence-corrected chi connectivity index (χ0v) is 12.6. The molecule has 1 aromatic carbocycles. The molecule has 0 radical (unpaired) electrons. The van der Waals surface area contributed by atoms with Gasteiger partial charge in [0.1, 0.15) is 0 Å². The van der Waals surface area contributed by atoms with Crippen LogP contribution in [0.2, 0.25) is 0 Å². The minimum atomic E-state index is 0.216. The van der Waals surface area contributed by atoms with Gasteiger partial charge in [0.15, 0.2) is 5.78 Å². The van der Waals surface area contributed by atoms with Gasteiger partial charge in [-0.1, -0.05) is 25.1 Å². The van der Waals surface area contributed by atoms with E-state index in [0.717, 1.165) is 48.9 Å². The standard InChI is InChI=1S/C17H23N3O/c1-2-20(13-7-9-18-10-8-13)12-17(21)15-11-19-16-6-4-3-5-14(15)16/h3-6,11,13,18-19H,2,7-10,12H2,1H3. The first kappa shape index (κ1) is 14.3. The second-order valence-electron chi connectivity index (χ2n) is 5.72. The molecule has 4 heteroatoms. The van der Waals surface area contributed by atoms with E-state index in [0.29, 0.717) is 12.6 Å². The number of Topliss-reactive ketones (excluding diaryl/α,β-unsaturated/α-hetero) is 1. The maximum absolute atomic E-state index is 12.7. The lowest BCUT2D eigenvalue weighted by Crippen LogP contribution is -2.45. The maximum Gasteiger partial charge on any atom is 0.178 e.